The summed E-state index contributed by atoms with van der Waals surface area (Å²) < 4.78 is 13.7. The van der Waals surface area contributed by atoms with Crippen LogP contribution >= 0.6 is 24.0 Å². The van der Waals surface area contributed by atoms with Gasteiger partial charge < -0.3 is 20.6 Å². The number of aliphatic hydroxyl groups excluding tert-OH is 1. The second-order valence-electron chi connectivity index (χ2n) is 6.81. The quantitative estimate of drug-likeness (QED) is 0.335. The van der Waals surface area contributed by atoms with Gasteiger partial charge in [0.15, 0.2) is 5.96 Å². The van der Waals surface area contributed by atoms with Crippen molar-refractivity contribution in [2.24, 2.45) is 4.99 Å². The molecule has 1 aromatic carbocycles. The molecule has 5 nitrogen and oxygen atoms in total. The lowest BCUT2D eigenvalue weighted by Crippen LogP contribution is -2.50. The molecule has 1 aromatic rings. The predicted molar refractivity (Wildman–Crippen MR) is 116 cm³/mol. The number of guanidine groups is 1. The van der Waals surface area contributed by atoms with Crippen LogP contribution in [0.5, 0.6) is 0 Å². The first kappa shape index (κ1) is 23.1. The Balaban J connectivity index is 0.00000338. The number of piperidine rings is 1. The van der Waals surface area contributed by atoms with E-state index in [-0.39, 0.29) is 36.1 Å². The highest BCUT2D eigenvalue weighted by Crippen LogP contribution is 2.17. The molecule has 1 fully saturated rings. The first-order chi connectivity index (χ1) is 12.0. The maximum absolute atomic E-state index is 13.7. The van der Waals surface area contributed by atoms with Crippen LogP contribution in [0, 0.1) is 5.82 Å². The summed E-state index contributed by atoms with van der Waals surface area (Å²) in [7, 11) is 0. The SMILES string of the molecule is CCNC(=NCC(O)c1ccccc1F)NC1CCN(C(C)C)CC1.I. The molecule has 26 heavy (non-hydrogen) atoms. The number of benzene rings is 1. The van der Waals surface area contributed by atoms with Crippen LogP contribution in [0.25, 0.3) is 0 Å². The monoisotopic (exact) mass is 478 g/mol. The van der Waals surface area contributed by atoms with Crippen molar-refractivity contribution in [3.8, 4) is 0 Å². The zero-order valence-corrected chi connectivity index (χ0v) is 18.2. The lowest BCUT2D eigenvalue weighted by Gasteiger charge is -2.35. The van der Waals surface area contributed by atoms with Gasteiger partial charge in [0.25, 0.3) is 0 Å². The fraction of sp³-hybridized carbons (Fsp3) is 0.632. The van der Waals surface area contributed by atoms with Crippen LogP contribution in [-0.4, -0.2) is 54.2 Å². The average Bonchev–Trinajstić information content (AvgIpc) is 2.60. The third kappa shape index (κ3) is 7.00. The number of rotatable bonds is 6. The molecule has 7 heteroatoms. The maximum atomic E-state index is 13.7. The van der Waals surface area contributed by atoms with E-state index < -0.39 is 11.9 Å². The highest BCUT2D eigenvalue weighted by Gasteiger charge is 2.21. The molecule has 3 N–H and O–H groups in total. The van der Waals surface area contributed by atoms with Crippen molar-refractivity contribution in [3.05, 3.63) is 35.6 Å². The van der Waals surface area contributed by atoms with E-state index in [0.29, 0.717) is 18.0 Å². The second-order valence-corrected chi connectivity index (χ2v) is 6.81. The molecule has 0 aliphatic carbocycles. The number of nitrogens with zero attached hydrogens (tertiary/aromatic N) is 2. The van der Waals surface area contributed by atoms with E-state index in [1.165, 1.54) is 6.07 Å². The molecule has 0 bridgehead atoms. The van der Waals surface area contributed by atoms with Crippen molar-refractivity contribution in [3.63, 3.8) is 0 Å². The average molecular weight is 478 g/mol. The standard InChI is InChI=1S/C19H31FN4O.HI/c1-4-21-19(23-15-9-11-24(12-10-15)14(2)3)22-13-18(25)16-7-5-6-8-17(16)20;/h5-8,14-15,18,25H,4,9-13H2,1-3H3,(H2,21,22,23);1H. The van der Waals surface area contributed by atoms with Crippen LogP contribution < -0.4 is 10.6 Å². The minimum atomic E-state index is -0.945. The molecule has 1 heterocycles. The van der Waals surface area contributed by atoms with Crippen LogP contribution in [0.2, 0.25) is 0 Å². The fourth-order valence-corrected chi connectivity index (χ4v) is 3.10. The van der Waals surface area contributed by atoms with Crippen molar-refractivity contribution in [2.45, 2.75) is 51.8 Å². The van der Waals surface area contributed by atoms with Gasteiger partial charge in [0.1, 0.15) is 11.9 Å². The molecule has 1 aliphatic rings. The summed E-state index contributed by atoms with van der Waals surface area (Å²) in [5.41, 5.74) is 0.285. The number of nitrogens with one attached hydrogen (secondary N) is 2. The highest BCUT2D eigenvalue weighted by molar-refractivity contribution is 14.0. The van der Waals surface area contributed by atoms with E-state index in [1.807, 2.05) is 6.92 Å². The normalized spacial score (nSPS) is 17.7. The first-order valence-corrected chi connectivity index (χ1v) is 9.22. The highest BCUT2D eigenvalue weighted by atomic mass is 127. The number of aliphatic hydroxyl groups is 1. The van der Waals surface area contributed by atoms with Crippen LogP contribution in [0.1, 0.15) is 45.3 Å². The minimum absolute atomic E-state index is 0. The van der Waals surface area contributed by atoms with E-state index in [2.05, 4.69) is 34.4 Å². The first-order valence-electron chi connectivity index (χ1n) is 9.22. The van der Waals surface area contributed by atoms with E-state index in [9.17, 15) is 9.50 Å². The van der Waals surface area contributed by atoms with Crippen molar-refractivity contribution in [2.75, 3.05) is 26.2 Å². The van der Waals surface area contributed by atoms with Crippen molar-refractivity contribution >= 4 is 29.9 Å². The van der Waals surface area contributed by atoms with Gasteiger partial charge in [-0.2, -0.15) is 0 Å². The third-order valence-electron chi connectivity index (χ3n) is 4.63. The van der Waals surface area contributed by atoms with Gasteiger partial charge in [-0.25, -0.2) is 4.39 Å². The Morgan fingerprint density at radius 2 is 1.96 bits per heavy atom. The van der Waals surface area contributed by atoms with Crippen LogP contribution in [0.3, 0.4) is 0 Å². The number of halogens is 2. The summed E-state index contributed by atoms with van der Waals surface area (Å²) in [6.07, 6.45) is 1.19. The largest absolute Gasteiger partial charge is 0.386 e. The van der Waals surface area contributed by atoms with Gasteiger partial charge in [0.05, 0.1) is 6.54 Å². The van der Waals surface area contributed by atoms with Gasteiger partial charge in [-0.15, -0.1) is 24.0 Å². The van der Waals surface area contributed by atoms with Crippen molar-refractivity contribution in [1.82, 2.24) is 15.5 Å². The van der Waals surface area contributed by atoms with Gasteiger partial charge in [-0.3, -0.25) is 4.99 Å². The van der Waals surface area contributed by atoms with Crippen LogP contribution in [0.4, 0.5) is 4.39 Å². The molecular weight excluding hydrogens is 446 g/mol. The summed E-state index contributed by atoms with van der Waals surface area (Å²) in [6, 6.07) is 7.24. The number of likely N-dealkylation sites (tertiary alicyclic amines) is 1. The van der Waals surface area contributed by atoms with E-state index in [4.69, 9.17) is 0 Å². The molecule has 2 rings (SSSR count). The lowest BCUT2D eigenvalue weighted by atomic mass is 10.0. The van der Waals surface area contributed by atoms with Crippen LogP contribution in [0.15, 0.2) is 29.3 Å². The number of aliphatic imine (C=N–C) groups is 1. The Kier molecular flexibility index (Phi) is 10.4. The molecule has 1 atom stereocenters. The van der Waals surface area contributed by atoms with Gasteiger partial charge in [0, 0.05) is 37.3 Å². The Hall–Kier alpha value is -0.930. The van der Waals surface area contributed by atoms with Gasteiger partial charge in [-0.1, -0.05) is 18.2 Å². The summed E-state index contributed by atoms with van der Waals surface area (Å²) in [5.74, 6) is 0.283. The smallest absolute Gasteiger partial charge is 0.191 e. The molecular formula is C19H32FIN4O. The summed E-state index contributed by atoms with van der Waals surface area (Å²) in [4.78, 5) is 6.92. The summed E-state index contributed by atoms with van der Waals surface area (Å²) in [6.45, 7) is 9.48. The Morgan fingerprint density at radius 1 is 1.31 bits per heavy atom. The maximum Gasteiger partial charge on any atom is 0.191 e. The number of hydrogen-bond acceptors (Lipinski definition) is 3. The molecule has 0 saturated carbocycles. The van der Waals surface area contributed by atoms with Crippen molar-refractivity contribution < 1.29 is 9.50 Å². The zero-order chi connectivity index (χ0) is 18.2. The number of hydrogen-bond donors (Lipinski definition) is 3. The molecule has 0 radical (unpaired) electrons. The lowest BCUT2D eigenvalue weighted by molar-refractivity contribution is 0.167. The molecule has 1 saturated heterocycles. The topological polar surface area (TPSA) is 59.9 Å². The fourth-order valence-electron chi connectivity index (χ4n) is 3.10. The molecule has 0 aromatic heterocycles. The van der Waals surface area contributed by atoms with Crippen LogP contribution in [-0.2, 0) is 0 Å². The van der Waals surface area contributed by atoms with E-state index in [1.54, 1.807) is 18.2 Å². The Labute approximate surface area is 173 Å². The molecule has 1 aliphatic heterocycles. The zero-order valence-electron chi connectivity index (χ0n) is 15.9. The Bertz CT molecular complexity index is 562. The van der Waals surface area contributed by atoms with E-state index in [0.717, 1.165) is 32.5 Å². The van der Waals surface area contributed by atoms with Crippen molar-refractivity contribution in [1.29, 1.82) is 0 Å². The van der Waals surface area contributed by atoms with E-state index >= 15 is 0 Å². The minimum Gasteiger partial charge on any atom is -0.386 e. The van der Waals surface area contributed by atoms with Gasteiger partial charge >= 0.3 is 0 Å². The predicted octanol–water partition coefficient (Wildman–Crippen LogP) is 2.91. The molecule has 0 amide bonds. The third-order valence-corrected chi connectivity index (χ3v) is 4.63. The summed E-state index contributed by atoms with van der Waals surface area (Å²) in [5, 5.41) is 16.9. The molecule has 1 unspecified atom stereocenters. The Morgan fingerprint density at radius 3 is 2.54 bits per heavy atom. The molecule has 0 spiro atoms. The summed E-state index contributed by atoms with van der Waals surface area (Å²) >= 11 is 0. The molecule has 148 valence electrons. The van der Waals surface area contributed by atoms with Gasteiger partial charge in [0.2, 0.25) is 0 Å². The van der Waals surface area contributed by atoms with Gasteiger partial charge in [-0.05, 0) is 39.7 Å². The second kappa shape index (κ2) is 11.7.